The molecule has 2 N–H and O–H groups in total. The normalized spacial score (nSPS) is 19.4. The number of unbranched alkanes of at least 4 members (excludes halogenated alkanes) is 4. The van der Waals surface area contributed by atoms with Gasteiger partial charge in [-0.05, 0) is 24.6 Å². The predicted molar refractivity (Wildman–Crippen MR) is 104 cm³/mol. The van der Waals surface area contributed by atoms with Crippen LogP contribution in [0.5, 0.6) is 0 Å². The molecule has 0 spiro atoms. The zero-order valence-corrected chi connectivity index (χ0v) is 16.0. The van der Waals surface area contributed by atoms with Crippen molar-refractivity contribution in [1.29, 1.82) is 0 Å². The lowest BCUT2D eigenvalue weighted by Crippen LogP contribution is -2.45. The molecule has 0 bridgehead atoms. The minimum atomic E-state index is -0.568. The van der Waals surface area contributed by atoms with Crippen LogP contribution in [0.2, 0.25) is 5.02 Å². The molecule has 0 saturated carbocycles. The number of aliphatic imine (C=N–C) groups is 1. The highest BCUT2D eigenvalue weighted by Crippen LogP contribution is 2.29. The van der Waals surface area contributed by atoms with Crippen LogP contribution in [0.3, 0.4) is 0 Å². The number of amides is 2. The molecule has 1 fully saturated rings. The van der Waals surface area contributed by atoms with Crippen molar-refractivity contribution in [1.82, 2.24) is 4.90 Å². The highest BCUT2D eigenvalue weighted by atomic mass is 35.5. The minimum Gasteiger partial charge on any atom is -0.369 e. The first kappa shape index (κ1) is 19.8. The molecule has 2 rings (SSSR count). The van der Waals surface area contributed by atoms with Crippen LogP contribution in [-0.4, -0.2) is 33.7 Å². The molecule has 7 heteroatoms. The number of nitrogens with two attached hydrogens (primary N) is 1. The summed E-state index contributed by atoms with van der Waals surface area (Å²) >= 11 is 7.27. The number of halogens is 1. The number of carbonyl (C=O) groups excluding carboxylic acids is 2. The minimum absolute atomic E-state index is 0.0983. The van der Waals surface area contributed by atoms with Gasteiger partial charge >= 0.3 is 0 Å². The lowest BCUT2D eigenvalue weighted by atomic mass is 10.1. The van der Waals surface area contributed by atoms with Gasteiger partial charge < -0.3 is 5.73 Å². The summed E-state index contributed by atoms with van der Waals surface area (Å²) in [6, 6.07) is 7.12. The summed E-state index contributed by atoms with van der Waals surface area (Å²) < 4.78 is 0. The third-order valence-corrected chi connectivity index (χ3v) is 5.42. The van der Waals surface area contributed by atoms with Gasteiger partial charge in [-0.15, -0.1) is 0 Å². The van der Waals surface area contributed by atoms with E-state index in [1.807, 2.05) is 6.07 Å². The number of rotatable bonds is 8. The number of thioether (sulfide) groups is 1. The Morgan fingerprint density at radius 1 is 1.36 bits per heavy atom. The van der Waals surface area contributed by atoms with Crippen LogP contribution in [-0.2, 0) is 9.59 Å². The van der Waals surface area contributed by atoms with E-state index in [4.69, 9.17) is 17.3 Å². The summed E-state index contributed by atoms with van der Waals surface area (Å²) in [5, 5.41) is 0.533. The van der Waals surface area contributed by atoms with E-state index in [2.05, 4.69) is 11.9 Å². The van der Waals surface area contributed by atoms with Crippen molar-refractivity contribution in [2.75, 3.05) is 6.54 Å². The molecule has 0 radical (unpaired) electrons. The first-order valence-electron chi connectivity index (χ1n) is 8.62. The van der Waals surface area contributed by atoms with Gasteiger partial charge in [-0.25, -0.2) is 4.99 Å². The van der Waals surface area contributed by atoms with Crippen molar-refractivity contribution in [3.63, 3.8) is 0 Å². The summed E-state index contributed by atoms with van der Waals surface area (Å²) in [5.74, 6) is -0.585. The number of carbonyl (C=O) groups is 2. The van der Waals surface area contributed by atoms with Gasteiger partial charge in [0.2, 0.25) is 11.8 Å². The lowest BCUT2D eigenvalue weighted by Gasteiger charge is -2.31. The second-order valence-electron chi connectivity index (χ2n) is 6.05. The molecule has 25 heavy (non-hydrogen) atoms. The molecule has 1 aliphatic heterocycles. The van der Waals surface area contributed by atoms with Crippen LogP contribution in [0.4, 0.5) is 5.69 Å². The molecule has 1 aromatic carbocycles. The van der Waals surface area contributed by atoms with Crippen molar-refractivity contribution >= 4 is 46.0 Å². The van der Waals surface area contributed by atoms with E-state index < -0.39 is 11.2 Å². The van der Waals surface area contributed by atoms with Crippen molar-refractivity contribution in [3.05, 3.63) is 29.3 Å². The zero-order chi connectivity index (χ0) is 18.2. The van der Waals surface area contributed by atoms with Gasteiger partial charge in [0, 0.05) is 18.0 Å². The summed E-state index contributed by atoms with van der Waals surface area (Å²) in [6.07, 6.45) is 5.67. The summed E-state index contributed by atoms with van der Waals surface area (Å²) in [5.41, 5.74) is 6.06. The maximum absolute atomic E-state index is 12.5. The van der Waals surface area contributed by atoms with Crippen molar-refractivity contribution in [2.24, 2.45) is 10.7 Å². The Labute approximate surface area is 158 Å². The maximum Gasteiger partial charge on any atom is 0.231 e. The Hall–Kier alpha value is -1.53. The van der Waals surface area contributed by atoms with E-state index in [9.17, 15) is 9.59 Å². The summed E-state index contributed by atoms with van der Waals surface area (Å²) in [7, 11) is 0. The van der Waals surface area contributed by atoms with Crippen LogP contribution in [0.15, 0.2) is 29.3 Å². The van der Waals surface area contributed by atoms with Gasteiger partial charge in [-0.2, -0.15) is 0 Å². The molecule has 1 saturated heterocycles. The monoisotopic (exact) mass is 381 g/mol. The third-order valence-electron chi connectivity index (χ3n) is 3.98. The smallest absolute Gasteiger partial charge is 0.231 e. The van der Waals surface area contributed by atoms with E-state index in [0.717, 1.165) is 19.3 Å². The number of primary amides is 1. The average Bonchev–Trinajstić information content (AvgIpc) is 2.56. The number of benzene rings is 1. The molecule has 1 heterocycles. The molecule has 0 aliphatic carbocycles. The van der Waals surface area contributed by atoms with Crippen LogP contribution in [0.1, 0.15) is 45.4 Å². The standard InChI is InChI=1S/C18H24ClN3O2S/c1-2-3-4-5-6-10-22-16(23)12-15(17(20)24)25-18(22)21-14-9-7-8-13(19)11-14/h7-9,11,15H,2-6,10,12H2,1H3,(H2,20,24). The molecular weight excluding hydrogens is 358 g/mol. The molecule has 1 atom stereocenters. The molecule has 1 aliphatic rings. The largest absolute Gasteiger partial charge is 0.369 e. The first-order valence-corrected chi connectivity index (χ1v) is 9.87. The Bertz CT molecular complexity index is 651. The second kappa shape index (κ2) is 9.82. The van der Waals surface area contributed by atoms with Crippen LogP contribution < -0.4 is 5.73 Å². The van der Waals surface area contributed by atoms with Crippen molar-refractivity contribution in [3.8, 4) is 0 Å². The van der Waals surface area contributed by atoms with E-state index in [0.29, 0.717) is 22.4 Å². The van der Waals surface area contributed by atoms with Gasteiger partial charge in [-0.1, -0.05) is 62.0 Å². The van der Waals surface area contributed by atoms with Crippen LogP contribution in [0, 0.1) is 0 Å². The van der Waals surface area contributed by atoms with E-state index in [1.54, 1.807) is 23.1 Å². The fourth-order valence-electron chi connectivity index (χ4n) is 2.60. The quantitative estimate of drug-likeness (QED) is 0.688. The Kier molecular flexibility index (Phi) is 7.78. The molecule has 0 aromatic heterocycles. The fourth-order valence-corrected chi connectivity index (χ4v) is 3.86. The van der Waals surface area contributed by atoms with Crippen molar-refractivity contribution in [2.45, 2.75) is 50.7 Å². The van der Waals surface area contributed by atoms with Crippen molar-refractivity contribution < 1.29 is 9.59 Å². The molecule has 1 unspecified atom stereocenters. The number of amidine groups is 1. The SMILES string of the molecule is CCCCCCCN1C(=O)CC(C(N)=O)SC1=Nc1cccc(Cl)c1. The van der Waals surface area contributed by atoms with E-state index in [1.165, 1.54) is 24.6 Å². The van der Waals surface area contributed by atoms with Gasteiger partial charge in [0.25, 0.3) is 0 Å². The first-order chi connectivity index (χ1) is 12.0. The van der Waals surface area contributed by atoms with Gasteiger partial charge in [0.1, 0.15) is 0 Å². The molecular formula is C18H24ClN3O2S. The lowest BCUT2D eigenvalue weighted by molar-refractivity contribution is -0.129. The summed E-state index contributed by atoms with van der Waals surface area (Å²) in [6.45, 7) is 2.78. The van der Waals surface area contributed by atoms with Gasteiger partial charge in [0.05, 0.1) is 10.9 Å². The van der Waals surface area contributed by atoms with Gasteiger partial charge in [0.15, 0.2) is 5.17 Å². The molecule has 5 nitrogen and oxygen atoms in total. The maximum atomic E-state index is 12.5. The Morgan fingerprint density at radius 3 is 2.80 bits per heavy atom. The Morgan fingerprint density at radius 2 is 2.12 bits per heavy atom. The topological polar surface area (TPSA) is 75.8 Å². The van der Waals surface area contributed by atoms with Crippen LogP contribution in [0.25, 0.3) is 0 Å². The predicted octanol–water partition coefficient (Wildman–Crippen LogP) is 4.12. The second-order valence-corrected chi connectivity index (χ2v) is 7.65. The zero-order valence-electron chi connectivity index (χ0n) is 14.4. The van der Waals surface area contributed by atoms with Crippen LogP contribution >= 0.6 is 23.4 Å². The molecule has 2 amide bonds. The van der Waals surface area contributed by atoms with E-state index >= 15 is 0 Å². The number of nitrogens with zero attached hydrogens (tertiary/aromatic N) is 2. The number of hydrogen-bond acceptors (Lipinski definition) is 4. The molecule has 1 aromatic rings. The van der Waals surface area contributed by atoms with Gasteiger partial charge in [-0.3, -0.25) is 14.5 Å². The number of hydrogen-bond donors (Lipinski definition) is 1. The average molecular weight is 382 g/mol. The fraction of sp³-hybridized carbons (Fsp3) is 0.500. The Balaban J connectivity index is 2.15. The summed E-state index contributed by atoms with van der Waals surface area (Å²) in [4.78, 5) is 30.3. The highest BCUT2D eigenvalue weighted by molar-refractivity contribution is 8.15. The highest BCUT2D eigenvalue weighted by Gasteiger charge is 2.34. The van der Waals surface area contributed by atoms with E-state index in [-0.39, 0.29) is 12.3 Å². The molecule has 136 valence electrons. The third kappa shape index (κ3) is 6.04.